The number of methoxy groups -OCH3 is 2. The fourth-order valence-electron chi connectivity index (χ4n) is 2.88. The summed E-state index contributed by atoms with van der Waals surface area (Å²) in [6.45, 7) is 2.89. The van der Waals surface area contributed by atoms with E-state index in [1.165, 1.54) is 5.56 Å². The number of nitrogens with zero attached hydrogens (tertiary/aromatic N) is 3. The molecule has 0 saturated carbocycles. The van der Waals surface area contributed by atoms with Crippen molar-refractivity contribution in [2.45, 2.75) is 19.0 Å². The molecule has 0 amide bonds. The highest BCUT2D eigenvalue weighted by atomic mass is 16.5. The van der Waals surface area contributed by atoms with Gasteiger partial charge in [-0.1, -0.05) is 18.2 Å². The molecule has 0 aliphatic carbocycles. The largest absolute Gasteiger partial charge is 0.496 e. The van der Waals surface area contributed by atoms with Crippen molar-refractivity contribution in [3.8, 4) is 11.6 Å². The van der Waals surface area contributed by atoms with Crippen molar-refractivity contribution < 1.29 is 9.47 Å². The molecule has 23 heavy (non-hydrogen) atoms. The lowest BCUT2D eigenvalue weighted by atomic mass is 10.2. The van der Waals surface area contributed by atoms with Gasteiger partial charge in [-0.2, -0.15) is 4.98 Å². The van der Waals surface area contributed by atoms with Crippen LogP contribution in [0.25, 0.3) is 0 Å². The van der Waals surface area contributed by atoms with Gasteiger partial charge in [0.1, 0.15) is 5.75 Å². The Morgan fingerprint density at radius 3 is 2.91 bits per heavy atom. The molecular formula is C17H22N4O2. The van der Waals surface area contributed by atoms with Crippen molar-refractivity contribution in [1.82, 2.24) is 14.9 Å². The molecule has 1 aromatic heterocycles. The zero-order chi connectivity index (χ0) is 16.1. The van der Waals surface area contributed by atoms with Crippen LogP contribution in [0.1, 0.15) is 12.0 Å². The van der Waals surface area contributed by atoms with Crippen LogP contribution < -0.4 is 14.8 Å². The van der Waals surface area contributed by atoms with Crippen LogP contribution in [0.15, 0.2) is 36.5 Å². The number of benzene rings is 1. The molecule has 1 aromatic carbocycles. The minimum atomic E-state index is 0.344. The van der Waals surface area contributed by atoms with Gasteiger partial charge in [0.05, 0.1) is 14.2 Å². The van der Waals surface area contributed by atoms with Gasteiger partial charge in [-0.05, 0) is 12.5 Å². The highest BCUT2D eigenvalue weighted by Crippen LogP contribution is 2.22. The molecule has 1 aliphatic rings. The second kappa shape index (κ2) is 7.28. The molecule has 122 valence electrons. The first-order valence-corrected chi connectivity index (χ1v) is 7.76. The van der Waals surface area contributed by atoms with Gasteiger partial charge in [0, 0.05) is 43.5 Å². The molecule has 0 radical (unpaired) electrons. The third kappa shape index (κ3) is 3.90. The Balaban J connectivity index is 1.58. The summed E-state index contributed by atoms with van der Waals surface area (Å²) in [6.07, 6.45) is 2.77. The number of rotatable bonds is 6. The molecule has 6 heteroatoms. The van der Waals surface area contributed by atoms with Crippen LogP contribution in [-0.2, 0) is 6.54 Å². The first-order valence-electron chi connectivity index (χ1n) is 7.76. The number of aromatic nitrogens is 2. The van der Waals surface area contributed by atoms with Crippen molar-refractivity contribution >= 4 is 5.95 Å². The Hall–Kier alpha value is -2.34. The number of likely N-dealkylation sites (tertiary alicyclic amines) is 1. The van der Waals surface area contributed by atoms with Crippen molar-refractivity contribution in [1.29, 1.82) is 0 Å². The van der Waals surface area contributed by atoms with Gasteiger partial charge in [0.25, 0.3) is 0 Å². The Morgan fingerprint density at radius 2 is 2.09 bits per heavy atom. The zero-order valence-electron chi connectivity index (χ0n) is 13.5. The van der Waals surface area contributed by atoms with Crippen LogP contribution in [0.3, 0.4) is 0 Å². The molecule has 1 N–H and O–H groups in total. The topological polar surface area (TPSA) is 59.5 Å². The normalized spacial score (nSPS) is 17.9. The summed E-state index contributed by atoms with van der Waals surface area (Å²) in [4.78, 5) is 11.0. The van der Waals surface area contributed by atoms with Gasteiger partial charge in [-0.15, -0.1) is 0 Å². The monoisotopic (exact) mass is 314 g/mol. The molecule has 3 rings (SSSR count). The van der Waals surface area contributed by atoms with E-state index in [0.29, 0.717) is 17.9 Å². The Morgan fingerprint density at radius 1 is 1.22 bits per heavy atom. The van der Waals surface area contributed by atoms with Crippen molar-refractivity contribution in [3.63, 3.8) is 0 Å². The van der Waals surface area contributed by atoms with Gasteiger partial charge < -0.3 is 14.8 Å². The van der Waals surface area contributed by atoms with Crippen LogP contribution >= 0.6 is 0 Å². The molecule has 1 aliphatic heterocycles. The third-order valence-electron chi connectivity index (χ3n) is 4.03. The molecular weight excluding hydrogens is 292 g/mol. The number of ether oxygens (including phenoxy) is 2. The number of hydrogen-bond acceptors (Lipinski definition) is 6. The zero-order valence-corrected chi connectivity index (χ0v) is 13.5. The fraction of sp³-hybridized carbons (Fsp3) is 0.412. The smallest absolute Gasteiger partial charge is 0.226 e. The van der Waals surface area contributed by atoms with Crippen molar-refractivity contribution in [2.75, 3.05) is 32.6 Å². The predicted octanol–water partition coefficient (Wildman–Crippen LogP) is 2.18. The van der Waals surface area contributed by atoms with Gasteiger partial charge in [-0.3, -0.25) is 4.90 Å². The summed E-state index contributed by atoms with van der Waals surface area (Å²) in [7, 11) is 3.32. The van der Waals surface area contributed by atoms with E-state index in [9.17, 15) is 0 Å². The molecule has 0 bridgehead atoms. The molecule has 2 aromatic rings. The Bertz CT molecular complexity index is 650. The molecule has 1 fully saturated rings. The average Bonchev–Trinajstić information content (AvgIpc) is 3.02. The maximum absolute atomic E-state index is 5.43. The van der Waals surface area contributed by atoms with E-state index in [2.05, 4.69) is 26.3 Å². The van der Waals surface area contributed by atoms with Crippen LogP contribution in [0.2, 0.25) is 0 Å². The van der Waals surface area contributed by atoms with E-state index in [4.69, 9.17) is 9.47 Å². The average molecular weight is 314 g/mol. The SMILES string of the molecule is COc1ccnc(NC2CCN(Cc3ccccc3OC)C2)n1. The quantitative estimate of drug-likeness (QED) is 0.882. The fourth-order valence-corrected chi connectivity index (χ4v) is 2.88. The van der Waals surface area contributed by atoms with Crippen LogP contribution in [-0.4, -0.2) is 48.2 Å². The van der Waals surface area contributed by atoms with E-state index in [-0.39, 0.29) is 0 Å². The summed E-state index contributed by atoms with van der Waals surface area (Å²) >= 11 is 0. The Kier molecular flexibility index (Phi) is 4.92. The van der Waals surface area contributed by atoms with Crippen molar-refractivity contribution in [3.05, 3.63) is 42.1 Å². The lowest BCUT2D eigenvalue weighted by Gasteiger charge is -2.18. The standard InChI is InChI=1S/C17H22N4O2/c1-22-15-6-4-3-5-13(15)11-21-10-8-14(12-21)19-17-18-9-7-16(20-17)23-2/h3-7,9,14H,8,10-12H2,1-2H3,(H,18,19,20). The number of hydrogen-bond donors (Lipinski definition) is 1. The van der Waals surface area contributed by atoms with Crippen molar-refractivity contribution in [2.24, 2.45) is 0 Å². The minimum absolute atomic E-state index is 0.344. The number of para-hydroxylation sites is 1. The lowest BCUT2D eigenvalue weighted by Crippen LogP contribution is -2.26. The number of nitrogens with one attached hydrogen (secondary N) is 1. The minimum Gasteiger partial charge on any atom is -0.496 e. The molecule has 1 atom stereocenters. The first-order chi connectivity index (χ1) is 11.3. The second-order valence-corrected chi connectivity index (χ2v) is 5.60. The van der Waals surface area contributed by atoms with Gasteiger partial charge >= 0.3 is 0 Å². The maximum Gasteiger partial charge on any atom is 0.226 e. The van der Waals surface area contributed by atoms with Gasteiger partial charge in [0.2, 0.25) is 11.8 Å². The summed E-state index contributed by atoms with van der Waals surface area (Å²) in [6, 6.07) is 10.3. The van der Waals surface area contributed by atoms with E-state index >= 15 is 0 Å². The van der Waals surface area contributed by atoms with Crippen LogP contribution in [0.4, 0.5) is 5.95 Å². The third-order valence-corrected chi connectivity index (χ3v) is 4.03. The lowest BCUT2D eigenvalue weighted by molar-refractivity contribution is 0.318. The predicted molar refractivity (Wildman–Crippen MR) is 88.9 cm³/mol. The molecule has 1 saturated heterocycles. The van der Waals surface area contributed by atoms with Gasteiger partial charge in [-0.25, -0.2) is 4.98 Å². The van der Waals surface area contributed by atoms with Gasteiger partial charge in [0.15, 0.2) is 0 Å². The highest BCUT2D eigenvalue weighted by molar-refractivity contribution is 5.33. The molecule has 0 spiro atoms. The molecule has 2 heterocycles. The van der Waals surface area contributed by atoms with E-state index < -0.39 is 0 Å². The van der Waals surface area contributed by atoms with Crippen LogP contribution in [0.5, 0.6) is 11.6 Å². The maximum atomic E-state index is 5.43. The molecule has 1 unspecified atom stereocenters. The summed E-state index contributed by atoms with van der Waals surface area (Å²) in [5.41, 5.74) is 1.22. The van der Waals surface area contributed by atoms with E-state index in [0.717, 1.165) is 31.8 Å². The summed E-state index contributed by atoms with van der Waals surface area (Å²) in [5.74, 6) is 2.14. The first kappa shape index (κ1) is 15.6. The Labute approximate surface area is 136 Å². The van der Waals surface area contributed by atoms with E-state index in [1.54, 1.807) is 26.5 Å². The summed E-state index contributed by atoms with van der Waals surface area (Å²) in [5, 5.41) is 3.38. The van der Waals surface area contributed by atoms with E-state index in [1.807, 2.05) is 18.2 Å². The second-order valence-electron chi connectivity index (χ2n) is 5.60. The summed E-state index contributed by atoms with van der Waals surface area (Å²) < 4.78 is 10.6. The number of anilines is 1. The molecule has 6 nitrogen and oxygen atoms in total. The highest BCUT2D eigenvalue weighted by Gasteiger charge is 2.23. The van der Waals surface area contributed by atoms with Crippen LogP contribution in [0, 0.1) is 0 Å².